The summed E-state index contributed by atoms with van der Waals surface area (Å²) in [4.78, 5) is 11.9. The first-order valence-electron chi connectivity index (χ1n) is 6.85. The second-order valence-corrected chi connectivity index (χ2v) is 5.91. The standard InChI is InChI=1S/C14H27NO3/c1-10(2)15-14(4,13(16)17-5)8-11(3)18-9-12-6-7-12/h10-12,15H,6-9H2,1-5H3. The molecule has 2 unspecified atom stereocenters. The maximum Gasteiger partial charge on any atom is 0.325 e. The molecule has 0 bridgehead atoms. The molecule has 0 amide bonds. The molecule has 4 heteroatoms. The van der Waals surface area contributed by atoms with Crippen LogP contribution in [0, 0.1) is 5.92 Å². The van der Waals surface area contributed by atoms with Crippen molar-refractivity contribution in [1.82, 2.24) is 5.32 Å². The van der Waals surface area contributed by atoms with Crippen molar-refractivity contribution in [2.24, 2.45) is 5.92 Å². The van der Waals surface area contributed by atoms with Gasteiger partial charge in [0.15, 0.2) is 0 Å². The van der Waals surface area contributed by atoms with Crippen LogP contribution in [0.25, 0.3) is 0 Å². The Balaban J connectivity index is 2.49. The zero-order valence-corrected chi connectivity index (χ0v) is 12.3. The Labute approximate surface area is 110 Å². The summed E-state index contributed by atoms with van der Waals surface area (Å²) in [6.45, 7) is 8.77. The van der Waals surface area contributed by atoms with Crippen molar-refractivity contribution in [3.05, 3.63) is 0 Å². The third kappa shape index (κ3) is 4.94. The van der Waals surface area contributed by atoms with Crippen molar-refractivity contribution in [1.29, 1.82) is 0 Å². The second kappa shape index (κ2) is 6.53. The molecule has 1 fully saturated rings. The van der Waals surface area contributed by atoms with Gasteiger partial charge in [-0.2, -0.15) is 0 Å². The Bertz CT molecular complexity index is 276. The molecule has 18 heavy (non-hydrogen) atoms. The lowest BCUT2D eigenvalue weighted by atomic mass is 9.93. The molecule has 4 nitrogen and oxygen atoms in total. The van der Waals surface area contributed by atoms with Crippen molar-refractivity contribution in [2.45, 2.75) is 64.6 Å². The number of hydrogen-bond donors (Lipinski definition) is 1. The summed E-state index contributed by atoms with van der Waals surface area (Å²) in [6.07, 6.45) is 3.25. The molecule has 0 radical (unpaired) electrons. The number of carbonyl (C=O) groups excluding carboxylic acids is 1. The zero-order chi connectivity index (χ0) is 13.8. The van der Waals surface area contributed by atoms with E-state index in [4.69, 9.17) is 9.47 Å². The van der Waals surface area contributed by atoms with E-state index in [9.17, 15) is 4.79 Å². The number of methoxy groups -OCH3 is 1. The first-order chi connectivity index (χ1) is 8.37. The van der Waals surface area contributed by atoms with Crippen molar-refractivity contribution < 1.29 is 14.3 Å². The topological polar surface area (TPSA) is 47.6 Å². The van der Waals surface area contributed by atoms with E-state index in [1.807, 2.05) is 27.7 Å². The first-order valence-corrected chi connectivity index (χ1v) is 6.85. The Hall–Kier alpha value is -0.610. The van der Waals surface area contributed by atoms with Crippen LogP contribution >= 0.6 is 0 Å². The summed E-state index contributed by atoms with van der Waals surface area (Å²) < 4.78 is 10.7. The highest BCUT2D eigenvalue weighted by atomic mass is 16.5. The molecule has 0 saturated heterocycles. The largest absolute Gasteiger partial charge is 0.468 e. The molecule has 1 N–H and O–H groups in total. The minimum absolute atomic E-state index is 0.0564. The molecule has 0 aromatic heterocycles. The maximum atomic E-state index is 11.9. The molecule has 1 rings (SSSR count). The van der Waals surface area contributed by atoms with Gasteiger partial charge < -0.3 is 9.47 Å². The minimum atomic E-state index is -0.675. The highest BCUT2D eigenvalue weighted by Gasteiger charge is 2.36. The lowest BCUT2D eigenvalue weighted by Crippen LogP contribution is -2.54. The van der Waals surface area contributed by atoms with Crippen molar-refractivity contribution in [3.8, 4) is 0 Å². The number of hydrogen-bond acceptors (Lipinski definition) is 4. The normalized spacial score (nSPS) is 20.6. The Kier molecular flexibility index (Phi) is 5.60. The Morgan fingerprint density at radius 3 is 2.44 bits per heavy atom. The first kappa shape index (κ1) is 15.4. The van der Waals surface area contributed by atoms with Gasteiger partial charge in [0.05, 0.1) is 13.2 Å². The van der Waals surface area contributed by atoms with Crippen LogP contribution in [0.5, 0.6) is 0 Å². The van der Waals surface area contributed by atoms with E-state index in [1.54, 1.807) is 0 Å². The molecule has 2 atom stereocenters. The molecule has 1 saturated carbocycles. The smallest absolute Gasteiger partial charge is 0.325 e. The van der Waals surface area contributed by atoms with E-state index >= 15 is 0 Å². The SMILES string of the molecule is COC(=O)C(C)(CC(C)OCC1CC1)NC(C)C. The zero-order valence-electron chi connectivity index (χ0n) is 12.3. The van der Waals surface area contributed by atoms with Crippen molar-refractivity contribution >= 4 is 5.97 Å². The van der Waals surface area contributed by atoms with Gasteiger partial charge in [0.2, 0.25) is 0 Å². The van der Waals surface area contributed by atoms with E-state index in [2.05, 4.69) is 5.32 Å². The average Bonchev–Trinajstić information content (AvgIpc) is 3.07. The van der Waals surface area contributed by atoms with E-state index < -0.39 is 5.54 Å². The predicted molar refractivity (Wildman–Crippen MR) is 71.4 cm³/mol. The summed E-state index contributed by atoms with van der Waals surface area (Å²) in [7, 11) is 1.43. The molecular formula is C14H27NO3. The van der Waals surface area contributed by atoms with Crippen LogP contribution in [0.15, 0.2) is 0 Å². The molecule has 1 aliphatic carbocycles. The maximum absolute atomic E-state index is 11.9. The fourth-order valence-corrected chi connectivity index (χ4v) is 2.28. The molecule has 0 spiro atoms. The van der Waals surface area contributed by atoms with Gasteiger partial charge in [0, 0.05) is 19.1 Å². The molecule has 0 heterocycles. The van der Waals surface area contributed by atoms with Crippen LogP contribution in [0.2, 0.25) is 0 Å². The second-order valence-electron chi connectivity index (χ2n) is 5.91. The van der Waals surface area contributed by atoms with Gasteiger partial charge in [-0.25, -0.2) is 0 Å². The van der Waals surface area contributed by atoms with Gasteiger partial charge in [0.1, 0.15) is 5.54 Å². The highest BCUT2D eigenvalue weighted by molar-refractivity contribution is 5.80. The molecular weight excluding hydrogens is 230 g/mol. The van der Waals surface area contributed by atoms with Crippen LogP contribution < -0.4 is 5.32 Å². The summed E-state index contributed by atoms with van der Waals surface area (Å²) in [5.41, 5.74) is -0.675. The van der Waals surface area contributed by atoms with E-state index in [0.717, 1.165) is 12.5 Å². The summed E-state index contributed by atoms with van der Waals surface area (Å²) in [5, 5.41) is 3.29. The van der Waals surface area contributed by atoms with Crippen LogP contribution in [0.1, 0.15) is 47.0 Å². The van der Waals surface area contributed by atoms with Gasteiger partial charge in [-0.15, -0.1) is 0 Å². The number of ether oxygens (including phenoxy) is 2. The van der Waals surface area contributed by atoms with Gasteiger partial charge in [-0.3, -0.25) is 10.1 Å². The van der Waals surface area contributed by atoms with E-state index in [-0.39, 0.29) is 18.1 Å². The monoisotopic (exact) mass is 257 g/mol. The van der Waals surface area contributed by atoms with Crippen molar-refractivity contribution in [2.75, 3.05) is 13.7 Å². The average molecular weight is 257 g/mol. The summed E-state index contributed by atoms with van der Waals surface area (Å²) in [6, 6.07) is 0.227. The van der Waals surface area contributed by atoms with Crippen LogP contribution in [-0.2, 0) is 14.3 Å². The molecule has 0 aromatic carbocycles. The lowest BCUT2D eigenvalue weighted by molar-refractivity contribution is -0.150. The number of carbonyl (C=O) groups is 1. The Morgan fingerprint density at radius 1 is 1.39 bits per heavy atom. The Morgan fingerprint density at radius 2 is 2.00 bits per heavy atom. The molecule has 0 aromatic rings. The molecule has 1 aliphatic rings. The molecule has 106 valence electrons. The number of esters is 1. The van der Waals surface area contributed by atoms with Crippen LogP contribution in [0.3, 0.4) is 0 Å². The van der Waals surface area contributed by atoms with Crippen LogP contribution in [0.4, 0.5) is 0 Å². The summed E-state index contributed by atoms with van der Waals surface area (Å²) in [5.74, 6) is 0.521. The third-order valence-electron chi connectivity index (χ3n) is 3.25. The highest BCUT2D eigenvalue weighted by Crippen LogP contribution is 2.30. The molecule has 0 aliphatic heterocycles. The third-order valence-corrected chi connectivity index (χ3v) is 3.25. The van der Waals surface area contributed by atoms with Crippen molar-refractivity contribution in [3.63, 3.8) is 0 Å². The number of rotatable bonds is 8. The fourth-order valence-electron chi connectivity index (χ4n) is 2.28. The fraction of sp³-hybridized carbons (Fsp3) is 0.929. The number of nitrogens with one attached hydrogen (secondary N) is 1. The quantitative estimate of drug-likeness (QED) is 0.677. The van der Waals surface area contributed by atoms with Gasteiger partial charge in [0.25, 0.3) is 0 Å². The lowest BCUT2D eigenvalue weighted by Gasteiger charge is -2.32. The van der Waals surface area contributed by atoms with E-state index in [1.165, 1.54) is 20.0 Å². The van der Waals surface area contributed by atoms with Crippen LogP contribution in [-0.4, -0.2) is 37.4 Å². The van der Waals surface area contributed by atoms with Gasteiger partial charge in [-0.1, -0.05) is 0 Å². The summed E-state index contributed by atoms with van der Waals surface area (Å²) >= 11 is 0. The van der Waals surface area contributed by atoms with Gasteiger partial charge in [-0.05, 0) is 46.5 Å². The van der Waals surface area contributed by atoms with E-state index in [0.29, 0.717) is 6.42 Å². The predicted octanol–water partition coefficient (Wildman–Crippen LogP) is 2.12. The minimum Gasteiger partial charge on any atom is -0.468 e. The van der Waals surface area contributed by atoms with Gasteiger partial charge >= 0.3 is 5.97 Å².